The molecular weight excluding hydrogens is 328 g/mol. The molecule has 0 heterocycles. The van der Waals surface area contributed by atoms with Gasteiger partial charge in [0.25, 0.3) is 5.91 Å². The largest absolute Gasteiger partial charge is 0.384 e. The van der Waals surface area contributed by atoms with Gasteiger partial charge in [0.15, 0.2) is 5.96 Å². The Morgan fingerprint density at radius 1 is 0.846 bits per heavy atom. The molecule has 0 fully saturated rings. The summed E-state index contributed by atoms with van der Waals surface area (Å²) < 4.78 is 0. The first kappa shape index (κ1) is 17.0. The smallest absolute Gasteiger partial charge is 0.255 e. The van der Waals surface area contributed by atoms with Crippen molar-refractivity contribution in [2.45, 2.75) is 0 Å². The Hall–Kier alpha value is -3.87. The molecule has 0 aliphatic heterocycles. The quantitative estimate of drug-likeness (QED) is 0.319. The highest BCUT2D eigenvalue weighted by Crippen LogP contribution is 2.26. The summed E-state index contributed by atoms with van der Waals surface area (Å²) >= 11 is 0. The predicted molar refractivity (Wildman–Crippen MR) is 105 cm³/mol. The summed E-state index contributed by atoms with van der Waals surface area (Å²) in [7, 11) is 0. The Morgan fingerprint density at radius 3 is 2.19 bits per heavy atom. The zero-order valence-electron chi connectivity index (χ0n) is 13.8. The second-order valence-electron chi connectivity index (χ2n) is 5.73. The molecule has 0 saturated carbocycles. The third kappa shape index (κ3) is 3.62. The number of amides is 1. The molecule has 130 valence electrons. The van der Waals surface area contributed by atoms with Crippen molar-refractivity contribution in [1.82, 2.24) is 0 Å². The molecule has 1 amide bonds. The molecule has 7 heteroatoms. The summed E-state index contributed by atoms with van der Waals surface area (Å²) in [5.74, 6) is -0.522. The number of hydrogen-bond donors (Lipinski definition) is 6. The van der Waals surface area contributed by atoms with Gasteiger partial charge in [0.2, 0.25) is 0 Å². The minimum Gasteiger partial charge on any atom is -0.384 e. The molecule has 0 bridgehead atoms. The van der Waals surface area contributed by atoms with Crippen LogP contribution in [0.2, 0.25) is 0 Å². The molecule has 0 unspecified atom stereocenters. The van der Waals surface area contributed by atoms with Crippen molar-refractivity contribution in [3.63, 3.8) is 0 Å². The maximum atomic E-state index is 12.6. The van der Waals surface area contributed by atoms with Crippen LogP contribution in [0.4, 0.5) is 11.4 Å². The van der Waals surface area contributed by atoms with Crippen molar-refractivity contribution in [2.75, 3.05) is 10.6 Å². The fourth-order valence-electron chi connectivity index (χ4n) is 2.62. The Kier molecular flexibility index (Phi) is 4.53. The molecule has 0 atom stereocenters. The van der Waals surface area contributed by atoms with Gasteiger partial charge in [-0.15, -0.1) is 0 Å². The highest BCUT2D eigenvalue weighted by Gasteiger charge is 2.11. The Balaban J connectivity index is 1.91. The van der Waals surface area contributed by atoms with E-state index in [1.807, 2.05) is 30.3 Å². The predicted octanol–water partition coefficient (Wildman–Crippen LogP) is 2.68. The monoisotopic (exact) mass is 346 g/mol. The number of hydrogen-bond acceptors (Lipinski definition) is 3. The van der Waals surface area contributed by atoms with Gasteiger partial charge in [-0.25, -0.2) is 0 Å². The normalized spacial score (nSPS) is 10.3. The van der Waals surface area contributed by atoms with Crippen LogP contribution >= 0.6 is 0 Å². The molecule has 3 rings (SSSR count). The van der Waals surface area contributed by atoms with Crippen molar-refractivity contribution in [2.24, 2.45) is 11.5 Å². The summed E-state index contributed by atoms with van der Waals surface area (Å²) in [5, 5.41) is 22.2. The lowest BCUT2D eigenvalue weighted by atomic mass is 10.0. The maximum Gasteiger partial charge on any atom is 0.255 e. The molecule has 0 aromatic heterocycles. The van der Waals surface area contributed by atoms with Crippen LogP contribution in [0.25, 0.3) is 10.8 Å². The van der Waals surface area contributed by atoms with Gasteiger partial charge in [-0.2, -0.15) is 0 Å². The van der Waals surface area contributed by atoms with Crippen LogP contribution in [-0.4, -0.2) is 17.7 Å². The highest BCUT2D eigenvalue weighted by molar-refractivity contribution is 6.11. The standard InChI is InChI=1S/C19H18N6O/c20-17(21)13-9-12-3-1-2-4-15(12)16(10-13)25-18(26)11-5-7-14(8-6-11)24-19(22)23/h1-10H,(H3,20,21)(H,25,26)(H4,22,23,24). The molecule has 0 spiro atoms. The van der Waals surface area contributed by atoms with Gasteiger partial charge in [-0.05, 0) is 41.8 Å². The van der Waals surface area contributed by atoms with E-state index >= 15 is 0 Å². The van der Waals surface area contributed by atoms with Crippen LogP contribution in [0.5, 0.6) is 0 Å². The number of amidine groups is 1. The first-order valence-corrected chi connectivity index (χ1v) is 7.83. The topological polar surface area (TPSA) is 141 Å². The fourth-order valence-corrected chi connectivity index (χ4v) is 2.62. The second-order valence-corrected chi connectivity index (χ2v) is 5.73. The molecule has 26 heavy (non-hydrogen) atoms. The summed E-state index contributed by atoms with van der Waals surface area (Å²) in [5.41, 5.74) is 13.1. The maximum absolute atomic E-state index is 12.6. The van der Waals surface area contributed by atoms with Crippen molar-refractivity contribution < 1.29 is 4.79 Å². The van der Waals surface area contributed by atoms with Crippen LogP contribution in [0.3, 0.4) is 0 Å². The number of carbonyl (C=O) groups excluding carboxylic acids is 1. The Labute approximate surface area is 150 Å². The van der Waals surface area contributed by atoms with Gasteiger partial charge in [0.1, 0.15) is 5.84 Å². The molecule has 7 nitrogen and oxygen atoms in total. The average molecular weight is 346 g/mol. The van der Waals surface area contributed by atoms with Crippen molar-refractivity contribution in [3.8, 4) is 0 Å². The molecule has 3 aromatic rings. The summed E-state index contributed by atoms with van der Waals surface area (Å²) in [6, 6.07) is 17.7. The number of benzene rings is 3. The van der Waals surface area contributed by atoms with Crippen molar-refractivity contribution in [1.29, 1.82) is 10.8 Å². The minimum atomic E-state index is -0.287. The van der Waals surface area contributed by atoms with E-state index in [0.717, 1.165) is 10.8 Å². The number of nitrogen functional groups attached to an aromatic ring is 1. The van der Waals surface area contributed by atoms with Crippen LogP contribution in [0.15, 0.2) is 60.7 Å². The van der Waals surface area contributed by atoms with Gasteiger partial charge in [-0.1, -0.05) is 24.3 Å². The van der Waals surface area contributed by atoms with Crippen LogP contribution in [-0.2, 0) is 0 Å². The molecule has 0 radical (unpaired) electrons. The molecule has 8 N–H and O–H groups in total. The molecule has 3 aromatic carbocycles. The number of rotatable bonds is 4. The first-order valence-electron chi connectivity index (χ1n) is 7.83. The third-order valence-corrected chi connectivity index (χ3v) is 3.85. The van der Waals surface area contributed by atoms with Crippen molar-refractivity contribution in [3.05, 3.63) is 71.8 Å². The van der Waals surface area contributed by atoms with E-state index in [0.29, 0.717) is 22.5 Å². The summed E-state index contributed by atoms with van der Waals surface area (Å²) in [6.45, 7) is 0. The fraction of sp³-hybridized carbons (Fsp3) is 0. The van der Waals surface area contributed by atoms with Crippen LogP contribution in [0, 0.1) is 10.8 Å². The lowest BCUT2D eigenvalue weighted by Gasteiger charge is -2.12. The van der Waals surface area contributed by atoms with E-state index in [1.54, 1.807) is 30.3 Å². The summed E-state index contributed by atoms with van der Waals surface area (Å²) in [4.78, 5) is 12.6. The van der Waals surface area contributed by atoms with Gasteiger partial charge in [0, 0.05) is 27.9 Å². The van der Waals surface area contributed by atoms with E-state index in [-0.39, 0.29) is 17.7 Å². The number of carbonyl (C=O) groups is 1. The number of fused-ring (bicyclic) bond motifs is 1. The Bertz CT molecular complexity index is 1010. The first-order chi connectivity index (χ1) is 12.4. The number of nitrogens with one attached hydrogen (secondary N) is 4. The van der Waals surface area contributed by atoms with Crippen molar-refractivity contribution >= 4 is 39.8 Å². The van der Waals surface area contributed by atoms with Gasteiger partial charge >= 0.3 is 0 Å². The van der Waals surface area contributed by atoms with Gasteiger partial charge < -0.3 is 22.1 Å². The zero-order chi connectivity index (χ0) is 18.7. The third-order valence-electron chi connectivity index (χ3n) is 3.85. The highest BCUT2D eigenvalue weighted by atomic mass is 16.1. The van der Waals surface area contributed by atoms with E-state index in [1.165, 1.54) is 0 Å². The van der Waals surface area contributed by atoms with E-state index in [9.17, 15) is 4.79 Å². The number of anilines is 2. The molecular formula is C19H18N6O. The second kappa shape index (κ2) is 6.94. The number of nitrogens with two attached hydrogens (primary N) is 2. The molecule has 0 aliphatic rings. The molecule has 0 saturated heterocycles. The number of guanidine groups is 1. The minimum absolute atomic E-state index is 0.0640. The van der Waals surface area contributed by atoms with Crippen LogP contribution in [0.1, 0.15) is 15.9 Å². The zero-order valence-corrected chi connectivity index (χ0v) is 13.8. The Morgan fingerprint density at radius 2 is 1.54 bits per heavy atom. The summed E-state index contributed by atoms with van der Waals surface area (Å²) in [6.07, 6.45) is 0. The lowest BCUT2D eigenvalue weighted by molar-refractivity contribution is 0.102. The molecule has 0 aliphatic carbocycles. The van der Waals surface area contributed by atoms with E-state index in [2.05, 4.69) is 10.6 Å². The van der Waals surface area contributed by atoms with E-state index in [4.69, 9.17) is 22.3 Å². The van der Waals surface area contributed by atoms with Gasteiger partial charge in [-0.3, -0.25) is 15.6 Å². The van der Waals surface area contributed by atoms with E-state index < -0.39 is 0 Å². The SMILES string of the molecule is N=C(N)Nc1ccc(C(=O)Nc2cc(C(=N)N)cc3ccccc23)cc1. The average Bonchev–Trinajstić information content (AvgIpc) is 2.61. The lowest BCUT2D eigenvalue weighted by Crippen LogP contribution is -2.20. The van der Waals surface area contributed by atoms with Gasteiger partial charge in [0.05, 0.1) is 0 Å². The van der Waals surface area contributed by atoms with Crippen LogP contribution < -0.4 is 22.1 Å².